The monoisotopic (exact) mass is 512 g/mol. The van der Waals surface area contributed by atoms with Gasteiger partial charge in [-0.3, -0.25) is 4.79 Å². The Morgan fingerprint density at radius 3 is 2.44 bits per heavy atom. The maximum Gasteiger partial charge on any atom is 0.243 e. The van der Waals surface area contributed by atoms with Crippen molar-refractivity contribution in [2.75, 3.05) is 6.54 Å². The van der Waals surface area contributed by atoms with E-state index in [1.807, 2.05) is 55.5 Å². The topological polar surface area (TPSA) is 66.5 Å². The van der Waals surface area contributed by atoms with Crippen LogP contribution < -0.4 is 5.32 Å². The van der Waals surface area contributed by atoms with E-state index in [2.05, 4.69) is 21.2 Å². The largest absolute Gasteiger partial charge is 0.352 e. The molecule has 0 saturated heterocycles. The number of amides is 1. The summed E-state index contributed by atoms with van der Waals surface area (Å²) in [5.74, 6) is -0.178. The van der Waals surface area contributed by atoms with Gasteiger partial charge in [0.05, 0.1) is 10.9 Å². The Hall–Kier alpha value is -2.48. The lowest BCUT2D eigenvalue weighted by atomic mass is 9.92. The molecule has 1 heterocycles. The third-order valence-electron chi connectivity index (χ3n) is 5.77. The van der Waals surface area contributed by atoms with E-state index in [1.54, 1.807) is 24.3 Å². The molecule has 0 aromatic heterocycles. The molecule has 5 nitrogen and oxygen atoms in total. The van der Waals surface area contributed by atoms with Gasteiger partial charge in [0.15, 0.2) is 0 Å². The highest BCUT2D eigenvalue weighted by atomic mass is 79.9. The van der Waals surface area contributed by atoms with E-state index in [9.17, 15) is 13.2 Å². The van der Waals surface area contributed by atoms with E-state index in [4.69, 9.17) is 0 Å². The first-order chi connectivity index (χ1) is 15.3. The minimum absolute atomic E-state index is 0.0681. The fourth-order valence-corrected chi connectivity index (χ4v) is 5.89. The molecule has 1 aliphatic heterocycles. The van der Waals surface area contributed by atoms with Crippen molar-refractivity contribution < 1.29 is 13.2 Å². The van der Waals surface area contributed by atoms with Crippen LogP contribution in [0.25, 0.3) is 0 Å². The first kappa shape index (κ1) is 22.7. The number of fused-ring (bicyclic) bond motifs is 1. The third kappa shape index (κ3) is 4.95. The predicted molar refractivity (Wildman–Crippen MR) is 129 cm³/mol. The Morgan fingerprint density at radius 1 is 1.03 bits per heavy atom. The lowest BCUT2D eigenvalue weighted by molar-refractivity contribution is -0.122. The van der Waals surface area contributed by atoms with Crippen molar-refractivity contribution in [3.8, 4) is 0 Å². The molecule has 3 aromatic rings. The van der Waals surface area contributed by atoms with Gasteiger partial charge in [-0.25, -0.2) is 8.42 Å². The van der Waals surface area contributed by atoms with Crippen molar-refractivity contribution in [3.63, 3.8) is 0 Å². The molecule has 0 radical (unpaired) electrons. The number of rotatable bonds is 6. The Kier molecular flexibility index (Phi) is 6.79. The summed E-state index contributed by atoms with van der Waals surface area (Å²) >= 11 is 3.35. The summed E-state index contributed by atoms with van der Waals surface area (Å²) in [6, 6.07) is 21.8. The number of carbonyl (C=O) groups is 1. The Balaban J connectivity index is 1.58. The average Bonchev–Trinajstić information content (AvgIpc) is 2.79. The summed E-state index contributed by atoms with van der Waals surface area (Å²) in [6.45, 7) is 2.77. The quantitative estimate of drug-likeness (QED) is 0.518. The van der Waals surface area contributed by atoms with Gasteiger partial charge in [0.2, 0.25) is 15.9 Å². The number of sulfonamides is 1. The Labute approximate surface area is 197 Å². The molecule has 1 N–H and O–H groups in total. The number of nitrogens with one attached hydrogen (secondary N) is 1. The summed E-state index contributed by atoms with van der Waals surface area (Å²) < 4.78 is 29.3. The lowest BCUT2D eigenvalue weighted by Crippen LogP contribution is -2.42. The predicted octanol–water partition coefficient (Wildman–Crippen LogP) is 4.75. The van der Waals surface area contributed by atoms with Gasteiger partial charge < -0.3 is 5.32 Å². The van der Waals surface area contributed by atoms with Gasteiger partial charge in [0, 0.05) is 24.0 Å². The first-order valence-electron chi connectivity index (χ1n) is 10.5. The van der Waals surface area contributed by atoms with Crippen molar-refractivity contribution in [2.24, 2.45) is 0 Å². The van der Waals surface area contributed by atoms with Crippen LogP contribution in [0.3, 0.4) is 0 Å². The van der Waals surface area contributed by atoms with Crippen molar-refractivity contribution in [2.45, 2.75) is 37.2 Å². The number of aryl methyl sites for hydroxylation is 1. The second kappa shape index (κ2) is 9.57. The maximum absolute atomic E-state index is 13.5. The second-order valence-electron chi connectivity index (χ2n) is 8.00. The first-order valence-corrected chi connectivity index (χ1v) is 12.8. The molecule has 0 unspecified atom stereocenters. The molecule has 0 aliphatic carbocycles. The zero-order chi connectivity index (χ0) is 22.7. The van der Waals surface area contributed by atoms with Crippen LogP contribution in [0, 0.1) is 6.92 Å². The summed E-state index contributed by atoms with van der Waals surface area (Å²) in [6.07, 6.45) is 0.687. The highest BCUT2D eigenvalue weighted by Gasteiger charge is 2.37. The number of hydrogen-bond acceptors (Lipinski definition) is 3. The molecule has 0 spiro atoms. The average molecular weight is 513 g/mol. The standard InChI is InChI=1S/C25H25BrN2O3S/c1-18-6-8-19(9-7-18)17-27-25(29)16-24-23-5-3-2-4-20(23)14-15-28(24)32(30,31)22-12-10-21(26)11-13-22/h2-13,24H,14-17H2,1H3,(H,27,29)/t24-/m1/s1. The fourth-order valence-electron chi connectivity index (χ4n) is 4.02. The van der Waals surface area contributed by atoms with Crippen LogP contribution in [-0.2, 0) is 27.8 Å². The van der Waals surface area contributed by atoms with Gasteiger partial charge in [-0.2, -0.15) is 4.31 Å². The van der Waals surface area contributed by atoms with Crippen LogP contribution in [0.4, 0.5) is 0 Å². The zero-order valence-electron chi connectivity index (χ0n) is 17.8. The second-order valence-corrected chi connectivity index (χ2v) is 10.8. The van der Waals surface area contributed by atoms with Crippen LogP contribution in [0.2, 0.25) is 0 Å². The Morgan fingerprint density at radius 2 is 1.72 bits per heavy atom. The van der Waals surface area contributed by atoms with Gasteiger partial charge in [0.25, 0.3) is 0 Å². The molecule has 7 heteroatoms. The van der Waals surface area contributed by atoms with Gasteiger partial charge in [0.1, 0.15) is 0 Å². The summed E-state index contributed by atoms with van der Waals surface area (Å²) in [7, 11) is -3.76. The molecule has 0 fully saturated rings. The van der Waals surface area contributed by atoms with Gasteiger partial charge in [-0.1, -0.05) is 70.0 Å². The van der Waals surface area contributed by atoms with Gasteiger partial charge in [-0.05, 0) is 54.3 Å². The molecule has 4 rings (SSSR count). The third-order valence-corrected chi connectivity index (χ3v) is 8.22. The highest BCUT2D eigenvalue weighted by molar-refractivity contribution is 9.10. The number of nitrogens with zero attached hydrogens (tertiary/aromatic N) is 1. The molecule has 1 atom stereocenters. The van der Waals surface area contributed by atoms with Crippen molar-refractivity contribution in [3.05, 3.63) is 99.5 Å². The number of carbonyl (C=O) groups excluding carboxylic acids is 1. The van der Waals surface area contributed by atoms with Crippen LogP contribution >= 0.6 is 15.9 Å². The van der Waals surface area contributed by atoms with E-state index in [-0.39, 0.29) is 17.2 Å². The molecular weight excluding hydrogens is 488 g/mol. The van der Waals surface area contributed by atoms with E-state index < -0.39 is 16.1 Å². The molecule has 0 bridgehead atoms. The summed E-state index contributed by atoms with van der Waals surface area (Å²) in [4.78, 5) is 13.1. The molecule has 166 valence electrons. The zero-order valence-corrected chi connectivity index (χ0v) is 20.2. The van der Waals surface area contributed by atoms with E-state index in [1.165, 1.54) is 4.31 Å². The van der Waals surface area contributed by atoms with Gasteiger partial charge >= 0.3 is 0 Å². The molecule has 3 aromatic carbocycles. The molecule has 1 amide bonds. The fraction of sp³-hybridized carbons (Fsp3) is 0.240. The van der Waals surface area contributed by atoms with Gasteiger partial charge in [-0.15, -0.1) is 0 Å². The molecule has 1 aliphatic rings. The molecule has 32 heavy (non-hydrogen) atoms. The van der Waals surface area contributed by atoms with Crippen LogP contribution in [-0.4, -0.2) is 25.2 Å². The normalized spacial score (nSPS) is 16.4. The SMILES string of the molecule is Cc1ccc(CNC(=O)C[C@@H]2c3ccccc3CCN2S(=O)(=O)c2ccc(Br)cc2)cc1. The molecule has 0 saturated carbocycles. The highest BCUT2D eigenvalue weighted by Crippen LogP contribution is 2.36. The smallest absolute Gasteiger partial charge is 0.243 e. The van der Waals surface area contributed by atoms with Crippen molar-refractivity contribution in [1.82, 2.24) is 9.62 Å². The van der Waals surface area contributed by atoms with Crippen molar-refractivity contribution >= 4 is 31.9 Å². The summed E-state index contributed by atoms with van der Waals surface area (Å²) in [5.41, 5.74) is 4.15. The minimum atomic E-state index is -3.76. The number of halogens is 1. The maximum atomic E-state index is 13.5. The Bertz CT molecular complexity index is 1210. The van der Waals surface area contributed by atoms with Crippen LogP contribution in [0.5, 0.6) is 0 Å². The van der Waals surface area contributed by atoms with E-state index in [0.717, 1.165) is 26.7 Å². The van der Waals surface area contributed by atoms with Crippen molar-refractivity contribution in [1.29, 1.82) is 0 Å². The lowest BCUT2D eigenvalue weighted by Gasteiger charge is -2.36. The number of benzene rings is 3. The molecular formula is C25H25BrN2O3S. The minimum Gasteiger partial charge on any atom is -0.352 e. The van der Waals surface area contributed by atoms with E-state index >= 15 is 0 Å². The van der Waals surface area contributed by atoms with Crippen LogP contribution in [0.15, 0.2) is 82.2 Å². The summed E-state index contributed by atoms with van der Waals surface area (Å²) in [5, 5.41) is 2.95. The number of hydrogen-bond donors (Lipinski definition) is 1. The van der Waals surface area contributed by atoms with Crippen LogP contribution in [0.1, 0.15) is 34.7 Å². The van der Waals surface area contributed by atoms with E-state index in [0.29, 0.717) is 19.5 Å².